The van der Waals surface area contributed by atoms with Crippen LogP contribution < -0.4 is 5.19 Å². The highest BCUT2D eigenvalue weighted by molar-refractivity contribution is 6.53. The molecule has 0 unspecified atom stereocenters. The van der Waals surface area contributed by atoms with Crippen molar-refractivity contribution in [3.63, 3.8) is 0 Å². The summed E-state index contributed by atoms with van der Waals surface area (Å²) in [6.07, 6.45) is 2.70. The Kier molecular flexibility index (Phi) is 3.94. The lowest BCUT2D eigenvalue weighted by Gasteiger charge is -2.11. The Hall–Kier alpha value is -1.87. The third-order valence-corrected chi connectivity index (χ3v) is 4.60. The lowest BCUT2D eigenvalue weighted by Crippen LogP contribution is -2.24. The Labute approximate surface area is 109 Å². The van der Waals surface area contributed by atoms with E-state index in [4.69, 9.17) is 4.43 Å². The van der Waals surface area contributed by atoms with Gasteiger partial charge in [-0.05, 0) is 27.9 Å². The van der Waals surface area contributed by atoms with Gasteiger partial charge < -0.3 is 4.43 Å². The Balaban J connectivity index is 2.51. The quantitative estimate of drug-likeness (QED) is 0.616. The molecule has 0 amide bonds. The van der Waals surface area contributed by atoms with Gasteiger partial charge in [-0.3, -0.25) is 4.79 Å². The minimum Gasteiger partial charge on any atom is -0.521 e. The highest BCUT2D eigenvalue weighted by atomic mass is 28.2. The van der Waals surface area contributed by atoms with Crippen LogP contribution in [-0.4, -0.2) is 15.7 Å². The first-order valence-electron chi connectivity index (χ1n) is 5.96. The first-order chi connectivity index (χ1) is 8.72. The fraction of sp³-hybridized carbons (Fsp3) is 0.133. The van der Waals surface area contributed by atoms with Crippen molar-refractivity contribution in [3.05, 3.63) is 54.6 Å². The standard InChI is InChI=1S/C15H16O2Si/c1-3-6-13-10-9-12-7-4-5-8-14(12)15(13)18-17-11(2)16/h3-5,7-10H,1,6,18H2,2H3. The average molecular weight is 256 g/mol. The van der Waals surface area contributed by atoms with E-state index < -0.39 is 9.76 Å². The van der Waals surface area contributed by atoms with Crippen LogP contribution in [0, 0.1) is 0 Å². The van der Waals surface area contributed by atoms with Crippen molar-refractivity contribution in [2.75, 3.05) is 0 Å². The summed E-state index contributed by atoms with van der Waals surface area (Å²) in [6.45, 7) is 5.24. The fourth-order valence-electron chi connectivity index (χ4n) is 2.07. The van der Waals surface area contributed by atoms with E-state index in [1.54, 1.807) is 0 Å². The van der Waals surface area contributed by atoms with Crippen LogP contribution in [0.1, 0.15) is 12.5 Å². The summed E-state index contributed by atoms with van der Waals surface area (Å²) in [5, 5.41) is 3.60. The van der Waals surface area contributed by atoms with Crippen molar-refractivity contribution in [1.29, 1.82) is 0 Å². The lowest BCUT2D eigenvalue weighted by atomic mass is 10.0. The van der Waals surface area contributed by atoms with Crippen LogP contribution in [0.4, 0.5) is 0 Å². The molecule has 0 saturated heterocycles. The molecule has 2 rings (SSSR count). The molecule has 0 atom stereocenters. The second-order valence-electron chi connectivity index (χ2n) is 4.20. The molecule has 2 nitrogen and oxygen atoms in total. The molecule has 0 aliphatic rings. The Morgan fingerprint density at radius 1 is 1.33 bits per heavy atom. The fourth-order valence-corrected chi connectivity index (χ4v) is 3.34. The van der Waals surface area contributed by atoms with Crippen LogP contribution in [0.2, 0.25) is 0 Å². The molecule has 0 aliphatic carbocycles. The number of fused-ring (bicyclic) bond motifs is 1. The zero-order valence-electron chi connectivity index (χ0n) is 10.5. The summed E-state index contributed by atoms with van der Waals surface area (Å²) in [6, 6.07) is 12.4. The number of benzene rings is 2. The van der Waals surface area contributed by atoms with Gasteiger partial charge in [0, 0.05) is 6.92 Å². The third-order valence-electron chi connectivity index (χ3n) is 2.92. The summed E-state index contributed by atoms with van der Waals surface area (Å²) >= 11 is 0. The smallest absolute Gasteiger partial charge is 0.289 e. The van der Waals surface area contributed by atoms with E-state index in [0.717, 1.165) is 6.42 Å². The minimum atomic E-state index is -1.03. The molecular formula is C15H16O2Si. The zero-order chi connectivity index (χ0) is 13.0. The molecule has 0 fully saturated rings. The Morgan fingerprint density at radius 3 is 2.83 bits per heavy atom. The van der Waals surface area contributed by atoms with Crippen molar-refractivity contribution in [1.82, 2.24) is 0 Å². The second-order valence-corrected chi connectivity index (χ2v) is 5.48. The summed E-state index contributed by atoms with van der Waals surface area (Å²) in [5.74, 6) is -0.195. The van der Waals surface area contributed by atoms with Gasteiger partial charge in [0.05, 0.1) is 0 Å². The zero-order valence-corrected chi connectivity index (χ0v) is 11.9. The first-order valence-corrected chi connectivity index (χ1v) is 7.24. The van der Waals surface area contributed by atoms with Crippen molar-refractivity contribution >= 4 is 31.7 Å². The molecule has 2 aromatic carbocycles. The van der Waals surface area contributed by atoms with Gasteiger partial charge in [0.2, 0.25) is 0 Å². The van der Waals surface area contributed by atoms with Gasteiger partial charge >= 0.3 is 0 Å². The largest absolute Gasteiger partial charge is 0.521 e. The highest BCUT2D eigenvalue weighted by Crippen LogP contribution is 2.14. The van der Waals surface area contributed by atoms with E-state index in [0.29, 0.717) is 0 Å². The number of hydrogen-bond acceptors (Lipinski definition) is 2. The van der Waals surface area contributed by atoms with Crippen LogP contribution >= 0.6 is 0 Å². The van der Waals surface area contributed by atoms with Gasteiger partial charge in [-0.15, -0.1) is 6.58 Å². The van der Waals surface area contributed by atoms with Crippen LogP contribution in [-0.2, 0) is 15.6 Å². The minimum absolute atomic E-state index is 0.195. The summed E-state index contributed by atoms with van der Waals surface area (Å²) < 4.78 is 5.29. The summed E-state index contributed by atoms with van der Waals surface area (Å²) in [7, 11) is -1.03. The summed E-state index contributed by atoms with van der Waals surface area (Å²) in [5.41, 5.74) is 1.22. The van der Waals surface area contributed by atoms with Gasteiger partial charge in [-0.2, -0.15) is 0 Å². The maximum absolute atomic E-state index is 11.0. The van der Waals surface area contributed by atoms with E-state index in [9.17, 15) is 4.79 Å². The molecule has 0 aromatic heterocycles. The van der Waals surface area contributed by atoms with E-state index in [1.165, 1.54) is 28.4 Å². The maximum atomic E-state index is 11.0. The van der Waals surface area contributed by atoms with Gasteiger partial charge in [-0.1, -0.05) is 42.5 Å². The number of carbonyl (C=O) groups excluding carboxylic acids is 1. The summed E-state index contributed by atoms with van der Waals surface area (Å²) in [4.78, 5) is 11.0. The molecule has 3 heteroatoms. The number of carbonyl (C=O) groups is 1. The SMILES string of the molecule is C=CCc1ccc2ccccc2c1[SiH2]OC(C)=O. The number of allylic oxidation sites excluding steroid dienone is 1. The van der Waals surface area contributed by atoms with Gasteiger partial charge in [-0.25, -0.2) is 0 Å². The van der Waals surface area contributed by atoms with Gasteiger partial charge in [0.1, 0.15) is 0 Å². The molecule has 0 N–H and O–H groups in total. The van der Waals surface area contributed by atoms with Crippen molar-refractivity contribution in [2.45, 2.75) is 13.3 Å². The molecule has 0 aliphatic heterocycles. The predicted octanol–water partition coefficient (Wildman–Crippen LogP) is 1.84. The Morgan fingerprint density at radius 2 is 2.11 bits per heavy atom. The van der Waals surface area contributed by atoms with E-state index >= 15 is 0 Å². The molecule has 0 radical (unpaired) electrons. The molecule has 0 spiro atoms. The lowest BCUT2D eigenvalue weighted by molar-refractivity contribution is -0.131. The van der Waals surface area contributed by atoms with Crippen LogP contribution in [0.3, 0.4) is 0 Å². The Bertz CT molecular complexity index is 590. The van der Waals surface area contributed by atoms with E-state index in [-0.39, 0.29) is 5.97 Å². The van der Waals surface area contributed by atoms with E-state index in [2.05, 4.69) is 30.8 Å². The molecule has 92 valence electrons. The molecular weight excluding hydrogens is 240 g/mol. The van der Waals surface area contributed by atoms with Crippen LogP contribution in [0.25, 0.3) is 10.8 Å². The first kappa shape index (κ1) is 12.6. The number of rotatable bonds is 4. The van der Waals surface area contributed by atoms with Crippen molar-refractivity contribution in [3.8, 4) is 0 Å². The normalized spacial score (nSPS) is 10.9. The third kappa shape index (κ3) is 2.68. The monoisotopic (exact) mass is 256 g/mol. The molecule has 0 heterocycles. The topological polar surface area (TPSA) is 26.3 Å². The van der Waals surface area contributed by atoms with Gasteiger partial charge in [0.25, 0.3) is 15.7 Å². The van der Waals surface area contributed by atoms with Crippen molar-refractivity contribution < 1.29 is 9.22 Å². The second kappa shape index (κ2) is 5.64. The predicted molar refractivity (Wildman–Crippen MR) is 77.8 cm³/mol. The van der Waals surface area contributed by atoms with Crippen LogP contribution in [0.15, 0.2) is 49.1 Å². The average Bonchev–Trinajstić information content (AvgIpc) is 2.37. The maximum Gasteiger partial charge on any atom is 0.289 e. The molecule has 0 saturated carbocycles. The molecule has 2 aromatic rings. The molecule has 0 bridgehead atoms. The molecule has 18 heavy (non-hydrogen) atoms. The van der Waals surface area contributed by atoms with E-state index in [1.807, 2.05) is 18.2 Å². The van der Waals surface area contributed by atoms with Crippen LogP contribution in [0.5, 0.6) is 0 Å². The highest BCUT2D eigenvalue weighted by Gasteiger charge is 2.09. The van der Waals surface area contributed by atoms with Gasteiger partial charge in [0.15, 0.2) is 0 Å². The number of hydrogen-bond donors (Lipinski definition) is 0. The van der Waals surface area contributed by atoms with Crippen molar-refractivity contribution in [2.24, 2.45) is 0 Å².